The van der Waals surface area contributed by atoms with Crippen LogP contribution in [0.3, 0.4) is 0 Å². The van der Waals surface area contributed by atoms with Crippen LogP contribution in [0.25, 0.3) is 10.9 Å². The highest BCUT2D eigenvalue weighted by Crippen LogP contribution is 2.29. The zero-order valence-electron chi connectivity index (χ0n) is 14.2. The van der Waals surface area contributed by atoms with Crippen LogP contribution in [0.4, 0.5) is 0 Å². The molecule has 0 saturated carbocycles. The lowest BCUT2D eigenvalue weighted by atomic mass is 10.1. The van der Waals surface area contributed by atoms with E-state index in [0.717, 1.165) is 28.6 Å². The van der Waals surface area contributed by atoms with Crippen LogP contribution >= 0.6 is 0 Å². The van der Waals surface area contributed by atoms with Crippen LogP contribution in [-0.4, -0.2) is 49.3 Å². The van der Waals surface area contributed by atoms with Crippen molar-refractivity contribution in [3.05, 3.63) is 29.8 Å². The van der Waals surface area contributed by atoms with Crippen LogP contribution in [0.15, 0.2) is 24.3 Å². The Balaban J connectivity index is 1.95. The molecule has 3 rings (SSSR count). The first kappa shape index (κ1) is 16.5. The molecular weight excluding hydrogens is 308 g/mol. The molecule has 0 bridgehead atoms. The number of methoxy groups -OCH3 is 2. The molecule has 1 atom stereocenters. The summed E-state index contributed by atoms with van der Waals surface area (Å²) in [4.78, 5) is 18.9. The van der Waals surface area contributed by atoms with Crippen molar-refractivity contribution in [1.29, 1.82) is 0 Å². The van der Waals surface area contributed by atoms with E-state index in [1.807, 2.05) is 29.2 Å². The van der Waals surface area contributed by atoms with E-state index in [-0.39, 0.29) is 5.91 Å². The van der Waals surface area contributed by atoms with Gasteiger partial charge in [-0.3, -0.25) is 4.79 Å². The Kier molecular flexibility index (Phi) is 4.85. The minimum absolute atomic E-state index is 0.0225. The van der Waals surface area contributed by atoms with Gasteiger partial charge >= 0.3 is 0 Å². The molecule has 1 aliphatic heterocycles. The molecule has 2 heterocycles. The fraction of sp³-hybridized carbons (Fsp3) is 0.444. The van der Waals surface area contributed by atoms with Gasteiger partial charge in [-0.05, 0) is 37.6 Å². The van der Waals surface area contributed by atoms with Gasteiger partial charge in [0.05, 0.1) is 19.2 Å². The number of amides is 1. The van der Waals surface area contributed by atoms with Gasteiger partial charge in [-0.1, -0.05) is 0 Å². The molecule has 0 radical (unpaired) electrons. The number of ether oxygens (including phenoxy) is 3. The molecule has 0 N–H and O–H groups in total. The van der Waals surface area contributed by atoms with Gasteiger partial charge in [-0.25, -0.2) is 4.98 Å². The van der Waals surface area contributed by atoms with Crippen molar-refractivity contribution in [1.82, 2.24) is 9.88 Å². The number of hydrogen-bond acceptors (Lipinski definition) is 5. The number of aromatic nitrogens is 1. The van der Waals surface area contributed by atoms with E-state index in [1.54, 1.807) is 21.1 Å². The largest absolute Gasteiger partial charge is 0.497 e. The first-order valence-corrected chi connectivity index (χ1v) is 8.04. The number of hydrogen-bond donors (Lipinski definition) is 0. The minimum Gasteiger partial charge on any atom is -0.497 e. The summed E-state index contributed by atoms with van der Waals surface area (Å²) in [6.07, 6.45) is 0.246. The van der Waals surface area contributed by atoms with Gasteiger partial charge in [-0.15, -0.1) is 0 Å². The molecule has 0 fully saturated rings. The van der Waals surface area contributed by atoms with Crippen LogP contribution in [-0.2, 0) is 16.1 Å². The number of rotatable bonds is 5. The van der Waals surface area contributed by atoms with Gasteiger partial charge in [-0.2, -0.15) is 0 Å². The van der Waals surface area contributed by atoms with Gasteiger partial charge in [0, 0.05) is 31.2 Å². The molecule has 0 aliphatic carbocycles. The molecule has 2 aromatic rings. The Hall–Kier alpha value is -2.34. The number of pyridine rings is 1. The second kappa shape index (κ2) is 7.05. The zero-order valence-corrected chi connectivity index (χ0v) is 14.2. The van der Waals surface area contributed by atoms with E-state index in [4.69, 9.17) is 14.2 Å². The molecule has 6 heteroatoms. The van der Waals surface area contributed by atoms with Crippen molar-refractivity contribution >= 4 is 16.8 Å². The molecule has 1 aromatic heterocycles. The lowest BCUT2D eigenvalue weighted by Crippen LogP contribution is -2.38. The van der Waals surface area contributed by atoms with Gasteiger partial charge in [0.2, 0.25) is 5.88 Å². The summed E-state index contributed by atoms with van der Waals surface area (Å²) >= 11 is 0. The molecule has 1 aromatic carbocycles. The highest BCUT2D eigenvalue weighted by atomic mass is 16.5. The topological polar surface area (TPSA) is 60.9 Å². The first-order chi connectivity index (χ1) is 11.6. The SMILES string of the molecule is COCCCN1Cc2cc3cc(OC)ccc3nc2O[C@H](C)C1=O. The van der Waals surface area contributed by atoms with Crippen molar-refractivity contribution in [2.24, 2.45) is 0 Å². The smallest absolute Gasteiger partial charge is 0.263 e. The van der Waals surface area contributed by atoms with Gasteiger partial charge in [0.15, 0.2) is 6.10 Å². The quantitative estimate of drug-likeness (QED) is 0.788. The van der Waals surface area contributed by atoms with E-state index >= 15 is 0 Å². The number of carbonyl (C=O) groups is 1. The van der Waals surface area contributed by atoms with Crippen LogP contribution in [0.5, 0.6) is 11.6 Å². The van der Waals surface area contributed by atoms with Crippen molar-refractivity contribution in [3.8, 4) is 11.6 Å². The Morgan fingerprint density at radius 1 is 1.33 bits per heavy atom. The monoisotopic (exact) mass is 330 g/mol. The third-order valence-electron chi connectivity index (χ3n) is 4.15. The molecule has 0 unspecified atom stereocenters. The zero-order chi connectivity index (χ0) is 17.1. The fourth-order valence-corrected chi connectivity index (χ4v) is 2.87. The van der Waals surface area contributed by atoms with E-state index in [0.29, 0.717) is 25.6 Å². The van der Waals surface area contributed by atoms with Crippen LogP contribution in [0.2, 0.25) is 0 Å². The number of nitrogens with zero attached hydrogens (tertiary/aromatic N) is 2. The average Bonchev–Trinajstić information content (AvgIpc) is 2.70. The maximum Gasteiger partial charge on any atom is 0.263 e. The van der Waals surface area contributed by atoms with Gasteiger partial charge in [0.25, 0.3) is 5.91 Å². The van der Waals surface area contributed by atoms with E-state index in [9.17, 15) is 4.79 Å². The van der Waals surface area contributed by atoms with Crippen LogP contribution < -0.4 is 9.47 Å². The summed E-state index contributed by atoms with van der Waals surface area (Å²) in [7, 11) is 3.30. The maximum atomic E-state index is 12.5. The molecule has 0 spiro atoms. The summed E-state index contributed by atoms with van der Waals surface area (Å²) in [5.41, 5.74) is 1.73. The van der Waals surface area contributed by atoms with Gasteiger partial charge in [0.1, 0.15) is 5.75 Å². The maximum absolute atomic E-state index is 12.5. The third kappa shape index (κ3) is 3.28. The van der Waals surface area contributed by atoms with Crippen molar-refractivity contribution in [2.75, 3.05) is 27.4 Å². The molecule has 0 saturated heterocycles. The Bertz CT molecular complexity index is 747. The molecule has 1 aliphatic rings. The predicted molar refractivity (Wildman–Crippen MR) is 90.3 cm³/mol. The lowest BCUT2D eigenvalue weighted by molar-refractivity contribution is -0.137. The molecule has 128 valence electrons. The Morgan fingerprint density at radius 2 is 2.17 bits per heavy atom. The van der Waals surface area contributed by atoms with E-state index in [1.165, 1.54) is 0 Å². The summed E-state index contributed by atoms with van der Waals surface area (Å²) in [5, 5.41) is 0.968. The summed E-state index contributed by atoms with van der Waals surface area (Å²) in [6.45, 7) is 3.51. The molecule has 6 nitrogen and oxygen atoms in total. The van der Waals surface area contributed by atoms with Crippen LogP contribution in [0, 0.1) is 0 Å². The molecule has 24 heavy (non-hydrogen) atoms. The van der Waals surface area contributed by atoms with E-state index in [2.05, 4.69) is 4.98 Å². The fourth-order valence-electron chi connectivity index (χ4n) is 2.87. The average molecular weight is 330 g/mol. The van der Waals surface area contributed by atoms with Crippen molar-refractivity contribution < 1.29 is 19.0 Å². The van der Waals surface area contributed by atoms with E-state index < -0.39 is 6.10 Å². The lowest BCUT2D eigenvalue weighted by Gasteiger charge is -2.21. The molecular formula is C18H22N2O4. The molecule has 1 amide bonds. The Morgan fingerprint density at radius 3 is 2.92 bits per heavy atom. The summed E-state index contributed by atoms with van der Waals surface area (Å²) in [5.74, 6) is 1.29. The number of fused-ring (bicyclic) bond motifs is 2. The highest BCUT2D eigenvalue weighted by molar-refractivity contribution is 5.84. The predicted octanol–water partition coefficient (Wildman–Crippen LogP) is 2.39. The summed E-state index contributed by atoms with van der Waals surface area (Å²) < 4.78 is 16.2. The van der Waals surface area contributed by atoms with Gasteiger partial charge < -0.3 is 19.1 Å². The first-order valence-electron chi connectivity index (χ1n) is 8.04. The minimum atomic E-state index is -0.544. The van der Waals surface area contributed by atoms with Crippen molar-refractivity contribution in [2.45, 2.75) is 26.0 Å². The number of benzene rings is 1. The normalized spacial score (nSPS) is 17.4. The summed E-state index contributed by atoms with van der Waals surface area (Å²) in [6, 6.07) is 7.72. The second-order valence-electron chi connectivity index (χ2n) is 5.88. The Labute approximate surface area is 141 Å². The number of carbonyl (C=O) groups excluding carboxylic acids is 1. The van der Waals surface area contributed by atoms with Crippen LogP contribution in [0.1, 0.15) is 18.9 Å². The second-order valence-corrected chi connectivity index (χ2v) is 5.88. The van der Waals surface area contributed by atoms with Crippen molar-refractivity contribution in [3.63, 3.8) is 0 Å². The highest BCUT2D eigenvalue weighted by Gasteiger charge is 2.28. The standard InChI is InChI=1S/C18H22N2O4/c1-12-18(21)20(7-4-8-22-2)11-14-9-13-10-15(23-3)5-6-16(13)19-17(14)24-12/h5-6,9-10,12H,4,7-8,11H2,1-3H3/t12-/m1/s1. The third-order valence-corrected chi connectivity index (χ3v) is 4.15.